The molecule has 0 fully saturated rings. The van der Waals surface area contributed by atoms with Gasteiger partial charge >= 0.3 is 0 Å². The van der Waals surface area contributed by atoms with Crippen LogP contribution in [0.5, 0.6) is 0 Å². The molecule has 1 aliphatic rings. The maximum Gasteiger partial charge on any atom is 0.164 e. The predicted molar refractivity (Wildman–Crippen MR) is 92.8 cm³/mol. The van der Waals surface area contributed by atoms with Crippen LogP contribution in [-0.4, -0.2) is 15.8 Å². The topological polar surface area (TPSA) is 42.9 Å². The summed E-state index contributed by atoms with van der Waals surface area (Å²) in [6, 6.07) is 12.2. The Morgan fingerprint density at radius 1 is 1.13 bits per heavy atom. The second-order valence-corrected chi connectivity index (χ2v) is 6.90. The van der Waals surface area contributed by atoms with Crippen LogP contribution in [0.4, 0.5) is 0 Å². The first-order valence-electron chi connectivity index (χ1n) is 7.77. The summed E-state index contributed by atoms with van der Waals surface area (Å²) in [5, 5.41) is 0.905. The number of fused-ring (bicyclic) bond motifs is 1. The van der Waals surface area contributed by atoms with Crippen molar-refractivity contribution >= 4 is 17.1 Å². The van der Waals surface area contributed by atoms with E-state index < -0.39 is 0 Å². The summed E-state index contributed by atoms with van der Waals surface area (Å²) >= 11 is 1.64. The average molecular weight is 320 g/mol. The van der Waals surface area contributed by atoms with Crippen molar-refractivity contribution in [1.82, 2.24) is 9.97 Å². The van der Waals surface area contributed by atoms with E-state index in [-0.39, 0.29) is 5.78 Å². The van der Waals surface area contributed by atoms with E-state index in [0.717, 1.165) is 39.7 Å². The van der Waals surface area contributed by atoms with Crippen LogP contribution >= 0.6 is 11.3 Å². The molecule has 0 radical (unpaired) electrons. The molecule has 4 rings (SSSR count). The molecule has 0 spiro atoms. The largest absolute Gasteiger partial charge is 0.294 e. The van der Waals surface area contributed by atoms with E-state index in [1.165, 1.54) is 11.1 Å². The number of benzene rings is 1. The number of ketones is 1. The molecule has 114 valence electrons. The number of carbonyl (C=O) groups is 1. The third kappa shape index (κ3) is 2.70. The van der Waals surface area contributed by atoms with Crippen molar-refractivity contribution in [2.75, 3.05) is 0 Å². The molecule has 2 heterocycles. The molecule has 0 atom stereocenters. The van der Waals surface area contributed by atoms with Gasteiger partial charge in [0.15, 0.2) is 5.78 Å². The Bertz CT molecular complexity index is 898. The van der Waals surface area contributed by atoms with Crippen LogP contribution in [0.15, 0.2) is 42.6 Å². The molecule has 0 saturated heterocycles. The Morgan fingerprint density at radius 3 is 2.91 bits per heavy atom. The summed E-state index contributed by atoms with van der Waals surface area (Å²) in [5.41, 5.74) is 4.99. The fourth-order valence-electron chi connectivity index (χ4n) is 2.94. The van der Waals surface area contributed by atoms with Crippen LogP contribution in [0, 0.1) is 6.92 Å². The molecule has 0 aliphatic heterocycles. The fourth-order valence-corrected chi connectivity index (χ4v) is 3.82. The lowest BCUT2D eigenvalue weighted by molar-refractivity contribution is 0.0971. The highest BCUT2D eigenvalue weighted by Gasteiger charge is 2.19. The van der Waals surface area contributed by atoms with E-state index in [4.69, 9.17) is 0 Å². The molecule has 2 aromatic heterocycles. The number of hydrogen-bond donors (Lipinski definition) is 0. The van der Waals surface area contributed by atoms with Crippen molar-refractivity contribution in [2.24, 2.45) is 0 Å². The number of thiazole rings is 1. The predicted octanol–water partition coefficient (Wildman–Crippen LogP) is 4.70. The van der Waals surface area contributed by atoms with Gasteiger partial charge in [0.05, 0.1) is 16.3 Å². The normalized spacial score (nSPS) is 13.9. The van der Waals surface area contributed by atoms with E-state index >= 15 is 0 Å². The number of Topliss-reactive ketones (excluding diaryl/α,β-unsaturated/α-hetero) is 1. The first-order chi connectivity index (χ1) is 11.2. The van der Waals surface area contributed by atoms with Gasteiger partial charge in [0.1, 0.15) is 5.01 Å². The number of carbonyl (C=O) groups excluding carboxylic acids is 1. The molecule has 3 nitrogen and oxygen atoms in total. The maximum atomic E-state index is 11.9. The van der Waals surface area contributed by atoms with Gasteiger partial charge in [-0.25, -0.2) is 9.97 Å². The van der Waals surface area contributed by atoms with Crippen LogP contribution in [0.25, 0.3) is 21.1 Å². The average Bonchev–Trinajstić information content (AvgIpc) is 3.05. The molecule has 0 bridgehead atoms. The summed E-state index contributed by atoms with van der Waals surface area (Å²) in [4.78, 5) is 22.3. The lowest BCUT2D eigenvalue weighted by Gasteiger charge is -2.13. The second-order valence-electron chi connectivity index (χ2n) is 5.87. The van der Waals surface area contributed by atoms with Gasteiger partial charge in [-0.05, 0) is 37.5 Å². The van der Waals surface area contributed by atoms with Gasteiger partial charge in [0, 0.05) is 18.2 Å². The number of aryl methyl sites for hydroxylation is 2. The Labute approximate surface area is 139 Å². The summed E-state index contributed by atoms with van der Waals surface area (Å²) < 4.78 is 0. The Balaban J connectivity index is 1.71. The van der Waals surface area contributed by atoms with Crippen molar-refractivity contribution in [2.45, 2.75) is 26.2 Å². The monoisotopic (exact) mass is 320 g/mol. The van der Waals surface area contributed by atoms with E-state index in [9.17, 15) is 4.79 Å². The van der Waals surface area contributed by atoms with Gasteiger partial charge in [0.25, 0.3) is 0 Å². The highest BCUT2D eigenvalue weighted by atomic mass is 32.1. The maximum absolute atomic E-state index is 11.9. The van der Waals surface area contributed by atoms with Gasteiger partial charge in [-0.1, -0.05) is 29.8 Å². The molecule has 0 amide bonds. The van der Waals surface area contributed by atoms with Crippen LogP contribution in [-0.2, 0) is 6.42 Å². The zero-order valence-corrected chi connectivity index (χ0v) is 13.7. The van der Waals surface area contributed by atoms with Crippen molar-refractivity contribution < 1.29 is 4.79 Å². The third-order valence-electron chi connectivity index (χ3n) is 4.12. The lowest BCUT2D eigenvalue weighted by Crippen LogP contribution is -2.12. The number of hydrogen-bond acceptors (Lipinski definition) is 4. The molecular weight excluding hydrogens is 304 g/mol. The summed E-state index contributed by atoms with van der Waals surface area (Å²) in [6.07, 6.45) is 4.32. The summed E-state index contributed by atoms with van der Waals surface area (Å²) in [7, 11) is 0. The quantitative estimate of drug-likeness (QED) is 0.687. The van der Waals surface area contributed by atoms with Gasteiger partial charge in [-0.3, -0.25) is 4.79 Å². The first-order valence-corrected chi connectivity index (χ1v) is 8.59. The minimum atomic E-state index is 0.213. The van der Waals surface area contributed by atoms with Crippen molar-refractivity contribution in [3.63, 3.8) is 0 Å². The summed E-state index contributed by atoms with van der Waals surface area (Å²) in [6.45, 7) is 2.09. The highest BCUT2D eigenvalue weighted by Crippen LogP contribution is 2.32. The van der Waals surface area contributed by atoms with E-state index in [0.29, 0.717) is 6.42 Å². The van der Waals surface area contributed by atoms with Crippen LogP contribution in [0.3, 0.4) is 0 Å². The highest BCUT2D eigenvalue weighted by molar-refractivity contribution is 7.18. The Morgan fingerprint density at radius 2 is 2.04 bits per heavy atom. The Hall–Kier alpha value is -2.33. The first kappa shape index (κ1) is 14.3. The number of aromatic nitrogens is 2. The molecule has 0 unspecified atom stereocenters. The van der Waals surface area contributed by atoms with Gasteiger partial charge < -0.3 is 0 Å². The lowest BCUT2D eigenvalue weighted by atomic mass is 9.94. The summed E-state index contributed by atoms with van der Waals surface area (Å²) in [5.74, 6) is 0.213. The zero-order chi connectivity index (χ0) is 15.8. The minimum Gasteiger partial charge on any atom is -0.294 e. The molecular formula is C19H16N2OS. The molecule has 4 heteroatoms. The van der Waals surface area contributed by atoms with Gasteiger partial charge in [0.2, 0.25) is 0 Å². The van der Waals surface area contributed by atoms with E-state index in [1.54, 1.807) is 11.3 Å². The second kappa shape index (κ2) is 5.70. The molecule has 23 heavy (non-hydrogen) atoms. The molecule has 1 aliphatic carbocycles. The molecule has 0 saturated carbocycles. The smallest absolute Gasteiger partial charge is 0.164 e. The number of pyridine rings is 1. The minimum absolute atomic E-state index is 0.213. The molecule has 1 aromatic carbocycles. The van der Waals surface area contributed by atoms with Crippen molar-refractivity contribution in [3.05, 3.63) is 59.4 Å². The number of nitrogens with zero attached hydrogens (tertiary/aromatic N) is 2. The van der Waals surface area contributed by atoms with E-state index in [2.05, 4.69) is 41.2 Å². The SMILES string of the molecule is Cc1cccc(-c2cnc(-c3ccc4c(n3)CCCC4=O)s2)c1. The van der Waals surface area contributed by atoms with Crippen LogP contribution in [0.1, 0.15) is 34.5 Å². The van der Waals surface area contributed by atoms with E-state index in [1.807, 2.05) is 18.3 Å². The third-order valence-corrected chi connectivity index (χ3v) is 5.19. The zero-order valence-electron chi connectivity index (χ0n) is 12.9. The Kier molecular flexibility index (Phi) is 3.54. The van der Waals surface area contributed by atoms with Crippen molar-refractivity contribution in [3.8, 4) is 21.1 Å². The fraction of sp³-hybridized carbons (Fsp3) is 0.211. The molecule has 3 aromatic rings. The van der Waals surface area contributed by atoms with Gasteiger partial charge in [-0.15, -0.1) is 11.3 Å². The standard InChI is InChI=1S/C19H16N2OS/c1-12-4-2-5-13(10-12)18-11-20-19(23-18)16-9-8-14-15(21-16)6-3-7-17(14)22/h2,4-5,8-11H,3,6-7H2,1H3. The molecule has 0 N–H and O–H groups in total. The van der Waals surface area contributed by atoms with Crippen LogP contribution < -0.4 is 0 Å². The van der Waals surface area contributed by atoms with Gasteiger partial charge in [-0.2, -0.15) is 0 Å². The van der Waals surface area contributed by atoms with Crippen molar-refractivity contribution in [1.29, 1.82) is 0 Å². The van der Waals surface area contributed by atoms with Crippen LogP contribution in [0.2, 0.25) is 0 Å². The number of rotatable bonds is 2.